The van der Waals surface area contributed by atoms with Gasteiger partial charge in [-0.05, 0) is 24.3 Å². The lowest BCUT2D eigenvalue weighted by atomic mass is 10.3. The molecular formula is C13H17F3IN3OS. The average molecular weight is 447 g/mol. The monoisotopic (exact) mass is 447 g/mol. The molecule has 0 spiro atoms. The van der Waals surface area contributed by atoms with Crippen LogP contribution >= 0.6 is 35.7 Å². The summed E-state index contributed by atoms with van der Waals surface area (Å²) in [7, 11) is 0. The van der Waals surface area contributed by atoms with Gasteiger partial charge in [0, 0.05) is 17.2 Å². The molecule has 22 heavy (non-hydrogen) atoms. The van der Waals surface area contributed by atoms with Crippen molar-refractivity contribution in [2.24, 2.45) is 10.7 Å². The van der Waals surface area contributed by atoms with Crippen molar-refractivity contribution in [3.63, 3.8) is 0 Å². The van der Waals surface area contributed by atoms with E-state index < -0.39 is 6.36 Å². The molecule has 0 aliphatic heterocycles. The fraction of sp³-hybridized carbons (Fsp3) is 0.308. The summed E-state index contributed by atoms with van der Waals surface area (Å²) in [6.07, 6.45) is -2.89. The molecule has 0 unspecified atom stereocenters. The van der Waals surface area contributed by atoms with E-state index in [1.807, 2.05) is 0 Å². The summed E-state index contributed by atoms with van der Waals surface area (Å²) < 4.78 is 39.7. The van der Waals surface area contributed by atoms with Crippen LogP contribution in [-0.2, 0) is 0 Å². The molecule has 1 aromatic rings. The second-order valence-electron chi connectivity index (χ2n) is 3.83. The first-order valence-corrected chi connectivity index (χ1v) is 7.17. The SMILES string of the molecule is C=CCSCCN=C(N)Nc1ccc(OC(F)(F)F)cc1.I. The summed E-state index contributed by atoms with van der Waals surface area (Å²) in [4.78, 5) is 4.09. The van der Waals surface area contributed by atoms with Crippen molar-refractivity contribution in [2.45, 2.75) is 6.36 Å². The number of hydrogen-bond donors (Lipinski definition) is 2. The zero-order valence-corrected chi connectivity index (χ0v) is 14.7. The van der Waals surface area contributed by atoms with E-state index in [1.54, 1.807) is 17.8 Å². The molecule has 124 valence electrons. The zero-order chi connectivity index (χ0) is 15.7. The Hall–Kier alpha value is -1.10. The van der Waals surface area contributed by atoms with Crippen LogP contribution in [0.5, 0.6) is 5.75 Å². The van der Waals surface area contributed by atoms with Crippen LogP contribution in [0.3, 0.4) is 0 Å². The molecule has 0 fully saturated rings. The van der Waals surface area contributed by atoms with Crippen molar-refractivity contribution in [3.05, 3.63) is 36.9 Å². The van der Waals surface area contributed by atoms with Crippen LogP contribution < -0.4 is 15.8 Å². The number of benzene rings is 1. The number of aliphatic imine (C=N–C) groups is 1. The van der Waals surface area contributed by atoms with Crippen molar-refractivity contribution in [3.8, 4) is 5.75 Å². The van der Waals surface area contributed by atoms with Gasteiger partial charge in [0.2, 0.25) is 0 Å². The standard InChI is InChI=1S/C13H16F3N3OS.HI/c1-2-8-21-9-7-18-12(17)19-10-3-5-11(6-4-10)20-13(14,15)16;/h2-6H,1,7-9H2,(H3,17,18,19);1H. The van der Waals surface area contributed by atoms with E-state index in [0.717, 1.165) is 11.5 Å². The lowest BCUT2D eigenvalue weighted by Gasteiger charge is -2.10. The number of nitrogens with one attached hydrogen (secondary N) is 1. The molecular weight excluding hydrogens is 430 g/mol. The molecule has 0 aliphatic carbocycles. The number of hydrogen-bond acceptors (Lipinski definition) is 3. The maximum atomic E-state index is 12.0. The number of nitrogens with two attached hydrogens (primary N) is 1. The third-order valence-corrected chi connectivity index (χ3v) is 3.06. The van der Waals surface area contributed by atoms with Crippen LogP contribution in [0.1, 0.15) is 0 Å². The van der Waals surface area contributed by atoms with Crippen LogP contribution in [-0.4, -0.2) is 30.4 Å². The Morgan fingerprint density at radius 3 is 2.55 bits per heavy atom. The number of anilines is 1. The predicted octanol–water partition coefficient (Wildman–Crippen LogP) is 3.85. The van der Waals surface area contributed by atoms with Crippen molar-refractivity contribution in [1.29, 1.82) is 0 Å². The Balaban J connectivity index is 0.00000441. The molecule has 0 aromatic heterocycles. The Morgan fingerprint density at radius 2 is 2.00 bits per heavy atom. The van der Waals surface area contributed by atoms with Crippen LogP contribution in [0.2, 0.25) is 0 Å². The second kappa shape index (κ2) is 10.6. The summed E-state index contributed by atoms with van der Waals surface area (Å²) >= 11 is 1.68. The fourth-order valence-electron chi connectivity index (χ4n) is 1.32. The molecule has 4 nitrogen and oxygen atoms in total. The number of alkyl halides is 3. The first-order valence-electron chi connectivity index (χ1n) is 6.02. The predicted molar refractivity (Wildman–Crippen MR) is 96.2 cm³/mol. The lowest BCUT2D eigenvalue weighted by Crippen LogP contribution is -2.23. The van der Waals surface area contributed by atoms with E-state index in [2.05, 4.69) is 21.6 Å². The number of guanidine groups is 1. The van der Waals surface area contributed by atoms with Gasteiger partial charge in [0.15, 0.2) is 5.96 Å². The molecule has 0 bridgehead atoms. The topological polar surface area (TPSA) is 59.6 Å². The van der Waals surface area contributed by atoms with Gasteiger partial charge in [-0.1, -0.05) is 6.08 Å². The molecule has 0 aliphatic rings. The number of nitrogens with zero attached hydrogens (tertiary/aromatic N) is 1. The summed E-state index contributed by atoms with van der Waals surface area (Å²) in [6.45, 7) is 4.15. The van der Waals surface area contributed by atoms with Gasteiger partial charge >= 0.3 is 6.36 Å². The quantitative estimate of drug-likeness (QED) is 0.219. The van der Waals surface area contributed by atoms with Crippen molar-refractivity contribution in [1.82, 2.24) is 0 Å². The van der Waals surface area contributed by atoms with Crippen LogP contribution in [0.4, 0.5) is 18.9 Å². The number of thioether (sulfide) groups is 1. The van der Waals surface area contributed by atoms with Crippen molar-refractivity contribution < 1.29 is 17.9 Å². The first kappa shape index (κ1) is 20.9. The molecule has 9 heteroatoms. The summed E-state index contributed by atoms with van der Waals surface area (Å²) in [5, 5.41) is 2.78. The number of ether oxygens (including phenoxy) is 1. The highest BCUT2D eigenvalue weighted by Gasteiger charge is 2.30. The fourth-order valence-corrected chi connectivity index (χ4v) is 1.88. The van der Waals surface area contributed by atoms with Crippen LogP contribution in [0.15, 0.2) is 41.9 Å². The maximum Gasteiger partial charge on any atom is 0.573 e. The van der Waals surface area contributed by atoms with E-state index in [4.69, 9.17) is 5.73 Å². The van der Waals surface area contributed by atoms with Gasteiger partial charge in [0.25, 0.3) is 0 Å². The first-order chi connectivity index (χ1) is 9.90. The van der Waals surface area contributed by atoms with Crippen LogP contribution in [0.25, 0.3) is 0 Å². The molecule has 0 amide bonds. The van der Waals surface area contributed by atoms with Gasteiger partial charge in [-0.25, -0.2) is 0 Å². The summed E-state index contributed by atoms with van der Waals surface area (Å²) in [5.41, 5.74) is 6.19. The highest BCUT2D eigenvalue weighted by molar-refractivity contribution is 14.0. The van der Waals surface area contributed by atoms with E-state index in [0.29, 0.717) is 12.2 Å². The molecule has 3 N–H and O–H groups in total. The largest absolute Gasteiger partial charge is 0.573 e. The third kappa shape index (κ3) is 9.77. The smallest absolute Gasteiger partial charge is 0.406 e. The molecule has 1 rings (SSSR count). The van der Waals surface area contributed by atoms with Gasteiger partial charge in [0.05, 0.1) is 6.54 Å². The number of halogens is 4. The molecule has 1 aromatic carbocycles. The molecule has 0 radical (unpaired) electrons. The van der Waals surface area contributed by atoms with Crippen LogP contribution in [0, 0.1) is 0 Å². The van der Waals surface area contributed by atoms with Gasteiger partial charge in [-0.2, -0.15) is 11.8 Å². The molecule has 0 heterocycles. The lowest BCUT2D eigenvalue weighted by molar-refractivity contribution is -0.274. The van der Waals surface area contributed by atoms with Gasteiger partial charge in [-0.15, -0.1) is 43.7 Å². The minimum Gasteiger partial charge on any atom is -0.406 e. The minimum atomic E-state index is -4.70. The van der Waals surface area contributed by atoms with E-state index in [-0.39, 0.29) is 35.7 Å². The third-order valence-electron chi connectivity index (χ3n) is 2.11. The summed E-state index contributed by atoms with van der Waals surface area (Å²) in [5.74, 6) is 1.58. The Bertz CT molecular complexity index is 480. The Morgan fingerprint density at radius 1 is 1.36 bits per heavy atom. The van der Waals surface area contributed by atoms with Crippen molar-refractivity contribution in [2.75, 3.05) is 23.4 Å². The summed E-state index contributed by atoms with van der Waals surface area (Å²) in [6, 6.07) is 5.25. The minimum absolute atomic E-state index is 0. The highest BCUT2D eigenvalue weighted by atomic mass is 127. The van der Waals surface area contributed by atoms with E-state index in [1.165, 1.54) is 24.3 Å². The Kier molecular flexibility index (Phi) is 10.1. The zero-order valence-electron chi connectivity index (χ0n) is 11.6. The van der Waals surface area contributed by atoms with Gasteiger partial charge in [0.1, 0.15) is 5.75 Å². The highest BCUT2D eigenvalue weighted by Crippen LogP contribution is 2.23. The van der Waals surface area contributed by atoms with Crippen molar-refractivity contribution >= 4 is 47.4 Å². The van der Waals surface area contributed by atoms with E-state index >= 15 is 0 Å². The van der Waals surface area contributed by atoms with Gasteiger partial charge < -0.3 is 15.8 Å². The van der Waals surface area contributed by atoms with Gasteiger partial charge in [-0.3, -0.25) is 4.99 Å². The average Bonchev–Trinajstić information content (AvgIpc) is 2.39. The molecule has 0 saturated carbocycles. The number of rotatable bonds is 7. The maximum absolute atomic E-state index is 12.0. The molecule has 0 atom stereocenters. The molecule has 0 saturated heterocycles. The second-order valence-corrected chi connectivity index (χ2v) is 4.98. The Labute approximate surface area is 148 Å². The van der Waals surface area contributed by atoms with E-state index in [9.17, 15) is 13.2 Å². The normalized spacial score (nSPS) is 11.5.